The molecule has 0 rings (SSSR count). The molecule has 0 saturated carbocycles. The molecule has 0 aliphatic carbocycles. The molecule has 0 radical (unpaired) electrons. The first-order chi connectivity index (χ1) is 4.62. The van der Waals surface area contributed by atoms with Gasteiger partial charge in [-0.2, -0.15) is 8.42 Å². The summed E-state index contributed by atoms with van der Waals surface area (Å²) in [4.78, 5) is 0. The van der Waals surface area contributed by atoms with Gasteiger partial charge in [0.25, 0.3) is 0 Å². The van der Waals surface area contributed by atoms with E-state index >= 15 is 0 Å². The van der Waals surface area contributed by atoms with Crippen molar-refractivity contribution < 1.29 is 21.9 Å². The number of aliphatic hydroxyl groups excluding tert-OH is 1. The molecule has 0 saturated heterocycles. The van der Waals surface area contributed by atoms with Gasteiger partial charge in [-0.05, 0) is 0 Å². The van der Waals surface area contributed by atoms with Crippen molar-refractivity contribution in [3.8, 4) is 0 Å². The molecule has 0 fully saturated rings. The fourth-order valence-corrected chi connectivity index (χ4v) is 0.751. The van der Waals surface area contributed by atoms with Crippen LogP contribution in [0.25, 0.3) is 0 Å². The van der Waals surface area contributed by atoms with E-state index in [0.29, 0.717) is 0 Å². The van der Waals surface area contributed by atoms with Crippen LogP contribution in [0.15, 0.2) is 12.8 Å². The summed E-state index contributed by atoms with van der Waals surface area (Å²) in [6.45, 7) is 2.33. The van der Waals surface area contributed by atoms with Crippen LogP contribution in [0.1, 0.15) is 0 Å². The second kappa shape index (κ2) is 4.26. The topological polar surface area (TPSA) is 72.8 Å². The van der Waals surface area contributed by atoms with E-state index < -0.39 is 10.4 Å². The van der Waals surface area contributed by atoms with Gasteiger partial charge in [0.05, 0.1) is 13.2 Å². The van der Waals surface area contributed by atoms with E-state index in [9.17, 15) is 8.42 Å². The highest BCUT2D eigenvalue weighted by Gasteiger charge is 2.08. The molecule has 0 bridgehead atoms. The lowest BCUT2D eigenvalue weighted by molar-refractivity contribution is 0.185. The first-order valence-corrected chi connectivity index (χ1v) is 3.75. The highest BCUT2D eigenvalue weighted by atomic mass is 32.3. The third kappa shape index (κ3) is 4.30. The Morgan fingerprint density at radius 2 is 2.20 bits per heavy atom. The van der Waals surface area contributed by atoms with Crippen LogP contribution in [0.4, 0.5) is 0 Å². The molecular weight excluding hydrogens is 160 g/mol. The predicted octanol–water partition coefficient (Wildman–Crippen LogP) is -0.600. The second-order valence-electron chi connectivity index (χ2n) is 1.22. The zero-order valence-electron chi connectivity index (χ0n) is 5.19. The lowest BCUT2D eigenvalue weighted by atomic mass is 10.8. The minimum absolute atomic E-state index is 0.309. The van der Waals surface area contributed by atoms with Gasteiger partial charge in [-0.3, -0.25) is 0 Å². The standard InChI is InChI=1S/C4H8O5S/c1-2-8-10(6,7)9-4-3-5/h2,5H,1,3-4H2. The normalized spacial score (nSPS) is 10.9. The monoisotopic (exact) mass is 168 g/mol. The number of hydrogen-bond acceptors (Lipinski definition) is 5. The van der Waals surface area contributed by atoms with Crippen LogP contribution in [0.3, 0.4) is 0 Å². The van der Waals surface area contributed by atoms with Crippen LogP contribution in [-0.2, 0) is 18.8 Å². The van der Waals surface area contributed by atoms with Crippen molar-refractivity contribution >= 4 is 10.4 Å². The lowest BCUT2D eigenvalue weighted by Gasteiger charge is -1.99. The summed E-state index contributed by atoms with van der Waals surface area (Å²) in [7, 11) is -3.97. The number of rotatable bonds is 5. The third-order valence-corrected chi connectivity index (χ3v) is 1.33. The molecule has 0 aromatic heterocycles. The molecule has 6 heteroatoms. The van der Waals surface area contributed by atoms with E-state index in [2.05, 4.69) is 14.9 Å². The summed E-state index contributed by atoms with van der Waals surface area (Å²) in [5.74, 6) is 0. The molecule has 0 heterocycles. The maximum atomic E-state index is 10.4. The van der Waals surface area contributed by atoms with Crippen molar-refractivity contribution in [3.63, 3.8) is 0 Å². The smallest absolute Gasteiger partial charge is 0.394 e. The molecule has 0 aromatic carbocycles. The van der Waals surface area contributed by atoms with Gasteiger partial charge >= 0.3 is 10.4 Å². The van der Waals surface area contributed by atoms with Crippen LogP contribution in [0.2, 0.25) is 0 Å². The van der Waals surface area contributed by atoms with E-state index in [1.54, 1.807) is 0 Å². The summed E-state index contributed by atoms with van der Waals surface area (Å²) >= 11 is 0. The highest BCUT2D eigenvalue weighted by molar-refractivity contribution is 7.81. The molecule has 1 N–H and O–H groups in total. The molecule has 0 aromatic rings. The highest BCUT2D eigenvalue weighted by Crippen LogP contribution is 1.94. The SMILES string of the molecule is C=COS(=O)(=O)OCCO. The Balaban J connectivity index is 3.76. The van der Waals surface area contributed by atoms with Gasteiger partial charge < -0.3 is 9.29 Å². The maximum absolute atomic E-state index is 10.4. The Morgan fingerprint density at radius 1 is 1.60 bits per heavy atom. The molecule has 0 atom stereocenters. The average molecular weight is 168 g/mol. The van der Waals surface area contributed by atoms with Crippen LogP contribution >= 0.6 is 0 Å². The van der Waals surface area contributed by atoms with E-state index in [4.69, 9.17) is 5.11 Å². The van der Waals surface area contributed by atoms with Crippen molar-refractivity contribution in [3.05, 3.63) is 12.8 Å². The molecule has 0 aliphatic heterocycles. The Labute approximate surface area is 59.2 Å². The summed E-state index contributed by atoms with van der Waals surface area (Å²) in [6.07, 6.45) is 0.729. The molecule has 0 unspecified atom stereocenters. The van der Waals surface area contributed by atoms with Crippen molar-refractivity contribution in [2.75, 3.05) is 13.2 Å². The summed E-state index contributed by atoms with van der Waals surface area (Å²) < 4.78 is 28.7. The Hall–Kier alpha value is -0.590. The first kappa shape index (κ1) is 9.41. The van der Waals surface area contributed by atoms with Gasteiger partial charge in [0.15, 0.2) is 0 Å². The predicted molar refractivity (Wildman–Crippen MR) is 33.2 cm³/mol. The van der Waals surface area contributed by atoms with E-state index in [1.165, 1.54) is 0 Å². The zero-order chi connectivity index (χ0) is 8.04. The van der Waals surface area contributed by atoms with Crippen molar-refractivity contribution in [1.82, 2.24) is 0 Å². The lowest BCUT2D eigenvalue weighted by Crippen LogP contribution is -2.09. The Morgan fingerprint density at radius 3 is 2.60 bits per heavy atom. The molecular formula is C4H8O5S. The van der Waals surface area contributed by atoms with Crippen molar-refractivity contribution in [1.29, 1.82) is 0 Å². The van der Waals surface area contributed by atoms with E-state index in [-0.39, 0.29) is 13.2 Å². The van der Waals surface area contributed by atoms with Crippen LogP contribution in [-0.4, -0.2) is 26.7 Å². The molecule has 0 aliphatic rings. The molecule has 10 heavy (non-hydrogen) atoms. The minimum Gasteiger partial charge on any atom is -0.394 e. The molecule has 0 spiro atoms. The van der Waals surface area contributed by atoms with Crippen LogP contribution in [0, 0.1) is 0 Å². The fourth-order valence-electron chi connectivity index (χ4n) is 0.250. The van der Waals surface area contributed by atoms with E-state index in [0.717, 1.165) is 6.26 Å². The summed E-state index contributed by atoms with van der Waals surface area (Å²) in [5, 5.41) is 8.13. The van der Waals surface area contributed by atoms with Crippen molar-refractivity contribution in [2.45, 2.75) is 0 Å². The van der Waals surface area contributed by atoms with Crippen molar-refractivity contribution in [2.24, 2.45) is 0 Å². The maximum Gasteiger partial charge on any atom is 0.448 e. The van der Waals surface area contributed by atoms with Crippen LogP contribution < -0.4 is 0 Å². The van der Waals surface area contributed by atoms with Crippen LogP contribution in [0.5, 0.6) is 0 Å². The second-order valence-corrected chi connectivity index (χ2v) is 2.46. The van der Waals surface area contributed by atoms with Gasteiger partial charge in [0.1, 0.15) is 6.26 Å². The summed E-state index contributed by atoms with van der Waals surface area (Å²) in [5.41, 5.74) is 0. The Bertz CT molecular complexity index is 182. The fraction of sp³-hybridized carbons (Fsp3) is 0.500. The molecule has 60 valence electrons. The number of aliphatic hydroxyl groups is 1. The average Bonchev–Trinajstić information content (AvgIpc) is 1.84. The third-order valence-electron chi connectivity index (χ3n) is 0.505. The van der Waals surface area contributed by atoms with Gasteiger partial charge in [-0.25, -0.2) is 4.18 Å². The zero-order valence-corrected chi connectivity index (χ0v) is 6.00. The minimum atomic E-state index is -3.97. The number of hydrogen-bond donors (Lipinski definition) is 1. The Kier molecular flexibility index (Phi) is 4.01. The molecule has 5 nitrogen and oxygen atoms in total. The largest absolute Gasteiger partial charge is 0.448 e. The molecule has 0 amide bonds. The van der Waals surface area contributed by atoms with Gasteiger partial charge in [-0.15, -0.1) is 0 Å². The van der Waals surface area contributed by atoms with E-state index in [1.807, 2.05) is 0 Å². The van der Waals surface area contributed by atoms with Gasteiger partial charge in [-0.1, -0.05) is 6.58 Å². The first-order valence-electron chi connectivity index (χ1n) is 2.42. The summed E-state index contributed by atoms with van der Waals surface area (Å²) in [6, 6.07) is 0. The van der Waals surface area contributed by atoms with Gasteiger partial charge in [0.2, 0.25) is 0 Å². The van der Waals surface area contributed by atoms with Gasteiger partial charge in [0, 0.05) is 0 Å². The quantitative estimate of drug-likeness (QED) is 0.555.